The fourth-order valence-electron chi connectivity index (χ4n) is 2.87. The van der Waals surface area contributed by atoms with Crippen molar-refractivity contribution in [3.63, 3.8) is 0 Å². The van der Waals surface area contributed by atoms with E-state index in [1.165, 1.54) is 4.73 Å². The average molecular weight is 343 g/mol. The van der Waals surface area contributed by atoms with Crippen LogP contribution in [0.3, 0.4) is 0 Å². The molecule has 5 nitrogen and oxygen atoms in total. The van der Waals surface area contributed by atoms with Crippen molar-refractivity contribution in [2.24, 2.45) is 0 Å². The number of hydrogen-bond donors (Lipinski definition) is 0. The summed E-state index contributed by atoms with van der Waals surface area (Å²) in [4.78, 5) is 27.7. The number of aromatic nitrogens is 3. The third-order valence-corrected chi connectivity index (χ3v) is 4.14. The van der Waals surface area contributed by atoms with Crippen LogP contribution in [0.25, 0.3) is 10.9 Å². The first-order chi connectivity index (χ1) is 12.7. The van der Waals surface area contributed by atoms with Crippen molar-refractivity contribution >= 4 is 10.9 Å². The molecule has 0 fully saturated rings. The van der Waals surface area contributed by atoms with Crippen molar-refractivity contribution in [3.8, 4) is 5.75 Å². The molecule has 0 saturated heterocycles. The number of rotatable bonds is 4. The van der Waals surface area contributed by atoms with Gasteiger partial charge in [-0.1, -0.05) is 48.5 Å². The molecule has 4 aromatic rings. The minimum atomic E-state index is -0.243. The zero-order valence-electron chi connectivity index (χ0n) is 14.3. The molecule has 2 aromatic carbocycles. The molecule has 0 saturated carbocycles. The fourth-order valence-corrected chi connectivity index (χ4v) is 2.87. The topological polar surface area (TPSA) is 57.0 Å². The van der Waals surface area contributed by atoms with Crippen molar-refractivity contribution in [1.29, 1.82) is 0 Å². The lowest BCUT2D eigenvalue weighted by Gasteiger charge is -2.12. The lowest BCUT2D eigenvalue weighted by molar-refractivity contribution is 0.195. The molecule has 2 aromatic heterocycles. The smallest absolute Gasteiger partial charge is 0.294 e. The molecule has 0 bridgehead atoms. The van der Waals surface area contributed by atoms with Gasteiger partial charge in [0.05, 0.1) is 16.6 Å². The van der Waals surface area contributed by atoms with Gasteiger partial charge < -0.3 is 4.84 Å². The maximum Gasteiger partial charge on any atom is 0.294 e. The van der Waals surface area contributed by atoms with E-state index in [1.807, 2.05) is 48.5 Å². The summed E-state index contributed by atoms with van der Waals surface area (Å²) in [6, 6.07) is 20.9. The number of nitrogens with zero attached hydrogens (tertiary/aromatic N) is 3. The minimum absolute atomic E-state index is 0.243. The van der Waals surface area contributed by atoms with Gasteiger partial charge >= 0.3 is 0 Å². The molecule has 26 heavy (non-hydrogen) atoms. The van der Waals surface area contributed by atoms with E-state index >= 15 is 0 Å². The van der Waals surface area contributed by atoms with Crippen LogP contribution in [-0.4, -0.2) is 14.7 Å². The Balaban J connectivity index is 1.80. The maximum absolute atomic E-state index is 12.9. The number of benzene rings is 2. The fraction of sp³-hybridized carbons (Fsp3) is 0.0952. The van der Waals surface area contributed by atoms with Crippen LogP contribution in [0, 0.1) is 6.92 Å². The molecule has 0 aliphatic heterocycles. The van der Waals surface area contributed by atoms with Crippen molar-refractivity contribution in [1.82, 2.24) is 14.7 Å². The van der Waals surface area contributed by atoms with Gasteiger partial charge in [0.15, 0.2) is 5.75 Å². The van der Waals surface area contributed by atoms with Crippen LogP contribution in [-0.2, 0) is 6.42 Å². The molecule has 0 N–H and O–H groups in total. The summed E-state index contributed by atoms with van der Waals surface area (Å²) in [5.41, 5.74) is 2.28. The second-order valence-corrected chi connectivity index (χ2v) is 5.98. The first-order valence-electron chi connectivity index (χ1n) is 8.37. The Morgan fingerprint density at radius 3 is 2.38 bits per heavy atom. The molecule has 0 aliphatic carbocycles. The Kier molecular flexibility index (Phi) is 4.19. The molecule has 2 heterocycles. The van der Waals surface area contributed by atoms with E-state index < -0.39 is 0 Å². The summed E-state index contributed by atoms with van der Waals surface area (Å²) in [6.07, 6.45) is 2.26. The zero-order chi connectivity index (χ0) is 17.9. The molecule has 4 rings (SSSR count). The first-order valence-corrected chi connectivity index (χ1v) is 8.37. The maximum atomic E-state index is 12.9. The summed E-state index contributed by atoms with van der Waals surface area (Å²) < 4.78 is 1.23. The molecule has 0 spiro atoms. The van der Waals surface area contributed by atoms with E-state index in [2.05, 4.69) is 9.97 Å². The summed E-state index contributed by atoms with van der Waals surface area (Å²) in [5.74, 6) is 1.06. The summed E-state index contributed by atoms with van der Waals surface area (Å²) in [7, 11) is 0. The molecular weight excluding hydrogens is 326 g/mol. The van der Waals surface area contributed by atoms with Gasteiger partial charge in [0.1, 0.15) is 5.82 Å². The van der Waals surface area contributed by atoms with Crippen molar-refractivity contribution in [2.45, 2.75) is 13.3 Å². The van der Waals surface area contributed by atoms with Gasteiger partial charge in [0.2, 0.25) is 0 Å². The van der Waals surface area contributed by atoms with Gasteiger partial charge in [-0.25, -0.2) is 4.98 Å². The highest BCUT2D eigenvalue weighted by Crippen LogP contribution is 2.17. The van der Waals surface area contributed by atoms with Gasteiger partial charge in [-0.3, -0.25) is 9.78 Å². The van der Waals surface area contributed by atoms with Crippen molar-refractivity contribution < 1.29 is 4.84 Å². The Bertz CT molecular complexity index is 1110. The number of hydrogen-bond acceptors (Lipinski definition) is 4. The van der Waals surface area contributed by atoms with E-state index in [-0.39, 0.29) is 5.56 Å². The van der Waals surface area contributed by atoms with E-state index in [1.54, 1.807) is 31.3 Å². The van der Waals surface area contributed by atoms with Gasteiger partial charge in [-0.05, 0) is 30.7 Å². The lowest BCUT2D eigenvalue weighted by Crippen LogP contribution is -2.28. The lowest BCUT2D eigenvalue weighted by atomic mass is 10.1. The third-order valence-electron chi connectivity index (χ3n) is 4.14. The van der Waals surface area contributed by atoms with Gasteiger partial charge in [-0.15, -0.1) is 4.73 Å². The Morgan fingerprint density at radius 1 is 0.962 bits per heavy atom. The van der Waals surface area contributed by atoms with Crippen LogP contribution < -0.4 is 10.4 Å². The Morgan fingerprint density at radius 2 is 1.65 bits per heavy atom. The summed E-state index contributed by atoms with van der Waals surface area (Å²) in [6.45, 7) is 1.75. The molecular formula is C21H17N3O2. The predicted molar refractivity (Wildman–Crippen MR) is 100 cm³/mol. The molecule has 0 atom stereocenters. The summed E-state index contributed by atoms with van der Waals surface area (Å²) >= 11 is 0. The second kappa shape index (κ2) is 6.80. The van der Waals surface area contributed by atoms with Gasteiger partial charge in [-0.2, -0.15) is 0 Å². The SMILES string of the molecule is Cc1nc2c(Cc3ccccc3)nccc2c(=O)n1Oc1ccccc1. The van der Waals surface area contributed by atoms with Gasteiger partial charge in [0.25, 0.3) is 5.56 Å². The average Bonchev–Trinajstić information content (AvgIpc) is 2.67. The van der Waals surface area contributed by atoms with Crippen LogP contribution in [0.15, 0.2) is 77.7 Å². The number of fused-ring (bicyclic) bond motifs is 1. The predicted octanol–water partition coefficient (Wildman–Crippen LogP) is 3.53. The standard InChI is InChI=1S/C21H17N3O2/c1-15-23-20-18(21(25)24(15)26-17-10-6-3-7-11-17)12-13-22-19(20)14-16-8-4-2-5-9-16/h2-13H,14H2,1H3. The first kappa shape index (κ1) is 16.0. The highest BCUT2D eigenvalue weighted by Gasteiger charge is 2.14. The molecule has 0 radical (unpaired) electrons. The largest absolute Gasteiger partial charge is 0.370 e. The normalized spacial score (nSPS) is 10.8. The third kappa shape index (κ3) is 3.07. The quantitative estimate of drug-likeness (QED) is 0.569. The highest BCUT2D eigenvalue weighted by molar-refractivity contribution is 5.79. The number of pyridine rings is 1. The molecule has 0 aliphatic rings. The second-order valence-electron chi connectivity index (χ2n) is 5.98. The van der Waals surface area contributed by atoms with E-state index in [4.69, 9.17) is 4.84 Å². The van der Waals surface area contributed by atoms with Crippen LogP contribution >= 0.6 is 0 Å². The molecule has 0 amide bonds. The molecule has 5 heteroatoms. The van der Waals surface area contributed by atoms with Crippen LogP contribution in [0.4, 0.5) is 0 Å². The molecule has 128 valence electrons. The number of aryl methyl sites for hydroxylation is 1. The van der Waals surface area contributed by atoms with Crippen LogP contribution in [0.5, 0.6) is 5.75 Å². The van der Waals surface area contributed by atoms with Crippen LogP contribution in [0.2, 0.25) is 0 Å². The highest BCUT2D eigenvalue weighted by atomic mass is 16.7. The van der Waals surface area contributed by atoms with E-state index in [0.29, 0.717) is 28.9 Å². The summed E-state index contributed by atoms with van der Waals surface area (Å²) in [5, 5.41) is 0.493. The van der Waals surface area contributed by atoms with E-state index in [9.17, 15) is 4.79 Å². The van der Waals surface area contributed by atoms with Crippen LogP contribution in [0.1, 0.15) is 17.1 Å². The van der Waals surface area contributed by atoms with Crippen molar-refractivity contribution in [3.05, 3.63) is 100 Å². The Hall–Kier alpha value is -3.47. The minimum Gasteiger partial charge on any atom is -0.370 e. The monoisotopic (exact) mass is 343 g/mol. The number of para-hydroxylation sites is 1. The van der Waals surface area contributed by atoms with E-state index in [0.717, 1.165) is 11.3 Å². The Labute approximate surface area is 150 Å². The van der Waals surface area contributed by atoms with Crippen molar-refractivity contribution in [2.75, 3.05) is 0 Å². The molecule has 0 unspecified atom stereocenters. The zero-order valence-corrected chi connectivity index (χ0v) is 14.3. The van der Waals surface area contributed by atoms with Gasteiger partial charge in [0, 0.05) is 12.6 Å².